The molecule has 0 amide bonds. The van der Waals surface area contributed by atoms with Gasteiger partial charge in [-0.3, -0.25) is 9.69 Å². The molecule has 2 N–H and O–H groups in total. The Bertz CT molecular complexity index is 699. The number of nitrogens with one attached hydrogen (secondary N) is 1. The first-order valence-corrected chi connectivity index (χ1v) is 10.4. The molecule has 5 nitrogen and oxygen atoms in total. The highest BCUT2D eigenvalue weighted by atomic mass is 19.1. The summed E-state index contributed by atoms with van der Waals surface area (Å²) in [7, 11) is 0. The molecule has 0 aromatic heterocycles. The van der Waals surface area contributed by atoms with Gasteiger partial charge in [-0.15, -0.1) is 0 Å². The van der Waals surface area contributed by atoms with Crippen LogP contribution in [0.25, 0.3) is 0 Å². The second-order valence-corrected chi connectivity index (χ2v) is 8.61. The van der Waals surface area contributed by atoms with Gasteiger partial charge in [0, 0.05) is 43.8 Å². The van der Waals surface area contributed by atoms with E-state index in [1.54, 1.807) is 0 Å². The molecule has 4 rings (SSSR count). The van der Waals surface area contributed by atoms with Gasteiger partial charge in [0.25, 0.3) is 0 Å². The molecule has 1 aromatic carbocycles. The van der Waals surface area contributed by atoms with Crippen molar-refractivity contribution in [2.75, 3.05) is 31.1 Å². The summed E-state index contributed by atoms with van der Waals surface area (Å²) in [5, 5.41) is 12.9. The maximum Gasteiger partial charge on any atom is 0.317 e. The molecule has 3 fully saturated rings. The number of aliphatic carboxylic acids is 1. The van der Waals surface area contributed by atoms with E-state index < -0.39 is 17.6 Å². The van der Waals surface area contributed by atoms with Gasteiger partial charge < -0.3 is 15.3 Å². The summed E-state index contributed by atoms with van der Waals surface area (Å²) < 4.78 is 27.1. The number of piperidine rings is 1. The molecule has 0 unspecified atom stereocenters. The number of nitrogens with zero attached hydrogens (tertiary/aromatic N) is 2. The van der Waals surface area contributed by atoms with Crippen LogP contribution in [0, 0.1) is 17.6 Å². The number of carboxylic acids is 1. The summed E-state index contributed by atoms with van der Waals surface area (Å²) in [5.41, 5.74) is 0.480. The van der Waals surface area contributed by atoms with Crippen LogP contribution >= 0.6 is 0 Å². The zero-order valence-electron chi connectivity index (χ0n) is 16.1. The van der Waals surface area contributed by atoms with Crippen molar-refractivity contribution in [3.63, 3.8) is 0 Å². The standard InChI is InChI=1S/C21H29F2N3O2/c22-15-3-4-20(19(23)9-15)25-7-5-16(6-8-25)24-17-10-18(11-17)26(13-21(27)28)12-14-1-2-14/h3-4,9,14,16-18,24H,1-2,5-8,10-13H2,(H,27,28). The Morgan fingerprint density at radius 2 is 1.86 bits per heavy atom. The number of carbonyl (C=O) groups is 1. The van der Waals surface area contributed by atoms with E-state index in [1.165, 1.54) is 25.0 Å². The van der Waals surface area contributed by atoms with Gasteiger partial charge in [0.2, 0.25) is 0 Å². The van der Waals surface area contributed by atoms with Crippen LogP contribution in [0.15, 0.2) is 18.2 Å². The van der Waals surface area contributed by atoms with Crippen LogP contribution in [0.5, 0.6) is 0 Å². The maximum absolute atomic E-state index is 14.0. The number of carboxylic acid groups (broad SMARTS) is 1. The Morgan fingerprint density at radius 3 is 2.46 bits per heavy atom. The summed E-state index contributed by atoms with van der Waals surface area (Å²) in [6, 6.07) is 5.00. The third-order valence-electron chi connectivity index (χ3n) is 6.37. The lowest BCUT2D eigenvalue weighted by molar-refractivity contribution is -0.139. The van der Waals surface area contributed by atoms with E-state index in [9.17, 15) is 13.6 Å². The molecule has 154 valence electrons. The van der Waals surface area contributed by atoms with E-state index in [4.69, 9.17) is 5.11 Å². The fourth-order valence-electron chi connectivity index (χ4n) is 4.53. The van der Waals surface area contributed by atoms with Crippen LogP contribution in [-0.4, -0.2) is 60.3 Å². The minimum Gasteiger partial charge on any atom is -0.480 e. The van der Waals surface area contributed by atoms with Crippen LogP contribution in [0.4, 0.5) is 14.5 Å². The lowest BCUT2D eigenvalue weighted by atomic mass is 9.84. The summed E-state index contributed by atoms with van der Waals surface area (Å²) >= 11 is 0. The molecular formula is C21H29F2N3O2. The average Bonchev–Trinajstić information content (AvgIpc) is 3.42. The molecule has 0 radical (unpaired) electrons. The second-order valence-electron chi connectivity index (χ2n) is 8.61. The molecule has 28 heavy (non-hydrogen) atoms. The van der Waals surface area contributed by atoms with E-state index in [2.05, 4.69) is 10.2 Å². The Kier molecular flexibility index (Phi) is 5.83. The SMILES string of the molecule is O=C(O)CN(CC1CC1)C1CC(NC2CCN(c3ccc(F)cc3F)CC2)C1. The van der Waals surface area contributed by atoms with Crippen LogP contribution < -0.4 is 10.2 Å². The minimum atomic E-state index is -0.738. The van der Waals surface area contributed by atoms with Crippen molar-refractivity contribution in [3.05, 3.63) is 29.8 Å². The second kappa shape index (κ2) is 8.33. The molecule has 0 spiro atoms. The Balaban J connectivity index is 1.21. The average molecular weight is 393 g/mol. The molecule has 1 aliphatic heterocycles. The summed E-state index contributed by atoms with van der Waals surface area (Å²) in [4.78, 5) is 15.3. The van der Waals surface area contributed by atoms with Crippen molar-refractivity contribution < 1.29 is 18.7 Å². The third kappa shape index (κ3) is 4.81. The maximum atomic E-state index is 14.0. The van der Waals surface area contributed by atoms with Crippen molar-refractivity contribution in [3.8, 4) is 0 Å². The van der Waals surface area contributed by atoms with Crippen LogP contribution in [0.1, 0.15) is 38.5 Å². The first-order chi connectivity index (χ1) is 13.5. The molecule has 1 saturated heterocycles. The van der Waals surface area contributed by atoms with E-state index >= 15 is 0 Å². The Labute approximate surface area is 164 Å². The smallest absolute Gasteiger partial charge is 0.317 e. The van der Waals surface area contributed by atoms with Crippen LogP contribution in [-0.2, 0) is 4.79 Å². The number of rotatable bonds is 8. The molecule has 1 aromatic rings. The van der Waals surface area contributed by atoms with Crippen LogP contribution in [0.2, 0.25) is 0 Å². The van der Waals surface area contributed by atoms with Crippen molar-refractivity contribution >= 4 is 11.7 Å². The quantitative estimate of drug-likeness (QED) is 0.711. The van der Waals surface area contributed by atoms with Gasteiger partial charge in [-0.25, -0.2) is 8.78 Å². The molecule has 2 saturated carbocycles. The molecule has 2 aliphatic carbocycles. The van der Waals surface area contributed by atoms with E-state index in [0.717, 1.165) is 51.4 Å². The molecule has 7 heteroatoms. The normalized spacial score (nSPS) is 25.8. The van der Waals surface area contributed by atoms with Crippen molar-refractivity contribution in [1.82, 2.24) is 10.2 Å². The highest BCUT2D eigenvalue weighted by Gasteiger charge is 2.38. The van der Waals surface area contributed by atoms with E-state index in [0.29, 0.717) is 29.7 Å². The molecule has 3 aliphatic rings. The predicted molar refractivity (Wildman–Crippen MR) is 103 cm³/mol. The minimum absolute atomic E-state index is 0.148. The van der Waals surface area contributed by atoms with Gasteiger partial charge in [0.15, 0.2) is 0 Å². The van der Waals surface area contributed by atoms with Gasteiger partial charge in [-0.05, 0) is 56.6 Å². The molecule has 1 heterocycles. The van der Waals surface area contributed by atoms with Gasteiger partial charge in [-0.1, -0.05) is 0 Å². The first kappa shape index (κ1) is 19.6. The van der Waals surface area contributed by atoms with Crippen molar-refractivity contribution in [1.29, 1.82) is 0 Å². The number of hydrogen-bond donors (Lipinski definition) is 2. The summed E-state index contributed by atoms with van der Waals surface area (Å²) in [5.74, 6) is -1.08. The van der Waals surface area contributed by atoms with E-state index in [1.807, 2.05) is 4.90 Å². The van der Waals surface area contributed by atoms with E-state index in [-0.39, 0.29) is 6.54 Å². The predicted octanol–water partition coefficient (Wildman–Crippen LogP) is 2.85. The lowest BCUT2D eigenvalue weighted by Gasteiger charge is -2.45. The van der Waals surface area contributed by atoms with Gasteiger partial charge in [-0.2, -0.15) is 0 Å². The molecule has 0 atom stereocenters. The number of anilines is 1. The highest BCUT2D eigenvalue weighted by Crippen LogP contribution is 2.34. The summed E-state index contributed by atoms with van der Waals surface area (Å²) in [6.07, 6.45) is 6.34. The van der Waals surface area contributed by atoms with Gasteiger partial charge >= 0.3 is 5.97 Å². The number of benzene rings is 1. The third-order valence-corrected chi connectivity index (χ3v) is 6.37. The van der Waals surface area contributed by atoms with Crippen molar-refractivity contribution in [2.45, 2.75) is 56.7 Å². The van der Waals surface area contributed by atoms with Gasteiger partial charge in [0.05, 0.1) is 12.2 Å². The fourth-order valence-corrected chi connectivity index (χ4v) is 4.53. The fraction of sp³-hybridized carbons (Fsp3) is 0.667. The first-order valence-electron chi connectivity index (χ1n) is 10.4. The highest BCUT2D eigenvalue weighted by molar-refractivity contribution is 5.69. The Hall–Kier alpha value is -1.73. The van der Waals surface area contributed by atoms with Crippen molar-refractivity contribution in [2.24, 2.45) is 5.92 Å². The monoisotopic (exact) mass is 393 g/mol. The number of halogens is 2. The largest absolute Gasteiger partial charge is 0.480 e. The zero-order valence-corrected chi connectivity index (χ0v) is 16.1. The lowest BCUT2D eigenvalue weighted by Crippen LogP contribution is -2.57. The zero-order chi connectivity index (χ0) is 19.7. The van der Waals surface area contributed by atoms with Gasteiger partial charge in [0.1, 0.15) is 11.6 Å². The summed E-state index contributed by atoms with van der Waals surface area (Å²) in [6.45, 7) is 2.58. The topological polar surface area (TPSA) is 55.8 Å². The molecule has 0 bridgehead atoms. The number of hydrogen-bond acceptors (Lipinski definition) is 4. The Morgan fingerprint density at radius 1 is 1.14 bits per heavy atom. The van der Waals surface area contributed by atoms with Crippen LogP contribution in [0.3, 0.4) is 0 Å². The molecular weight excluding hydrogens is 364 g/mol.